The maximum absolute atomic E-state index is 14.2. The van der Waals surface area contributed by atoms with Crippen LogP contribution in [0.4, 0.5) is 0 Å². The number of cyclic esters (lactones) is 1. The average Bonchev–Trinajstić information content (AvgIpc) is 3.10. The van der Waals surface area contributed by atoms with Crippen molar-refractivity contribution in [1.82, 2.24) is 5.32 Å². The summed E-state index contributed by atoms with van der Waals surface area (Å²) in [5.41, 5.74) is -3.05. The number of hydrogen-bond donors (Lipinski definition) is 3. The monoisotopic (exact) mass is 703 g/mol. The molecule has 0 saturated carbocycles. The Kier molecular flexibility index (Phi) is 14.5. The van der Waals surface area contributed by atoms with E-state index in [1.807, 2.05) is 6.92 Å². The molecular formula is C38H57NO11. The van der Waals surface area contributed by atoms with Crippen LogP contribution in [0.3, 0.4) is 0 Å². The summed E-state index contributed by atoms with van der Waals surface area (Å²) in [6, 6.07) is 8.12. The Morgan fingerprint density at radius 1 is 1.06 bits per heavy atom. The molecule has 12 heteroatoms. The number of Topliss-reactive ketones (excluding diaryl/α,β-unsaturated/α-hetero) is 2. The van der Waals surface area contributed by atoms with Gasteiger partial charge in [-0.1, -0.05) is 52.0 Å². The Labute approximate surface area is 296 Å². The molecule has 50 heavy (non-hydrogen) atoms. The summed E-state index contributed by atoms with van der Waals surface area (Å²) in [7, 11) is 1.74. The lowest BCUT2D eigenvalue weighted by atomic mass is 9.74. The van der Waals surface area contributed by atoms with Crippen LogP contribution in [0.1, 0.15) is 85.0 Å². The van der Waals surface area contributed by atoms with Crippen LogP contribution in [0.2, 0.25) is 0 Å². The Morgan fingerprint density at radius 2 is 1.70 bits per heavy atom. The van der Waals surface area contributed by atoms with E-state index in [9.17, 15) is 29.4 Å². The van der Waals surface area contributed by atoms with Gasteiger partial charge in [0.25, 0.3) is 0 Å². The second kappa shape index (κ2) is 17.5. The van der Waals surface area contributed by atoms with Gasteiger partial charge in [0.1, 0.15) is 23.4 Å². The number of benzene rings is 1. The molecule has 2 saturated heterocycles. The molecule has 0 spiro atoms. The fraction of sp³-hybridized carbons (Fsp3) is 0.684. The zero-order valence-electron chi connectivity index (χ0n) is 30.9. The van der Waals surface area contributed by atoms with Crippen molar-refractivity contribution < 1.29 is 53.1 Å². The van der Waals surface area contributed by atoms with E-state index in [0.717, 1.165) is 0 Å². The third-order valence-corrected chi connectivity index (χ3v) is 10.3. The summed E-state index contributed by atoms with van der Waals surface area (Å²) < 4.78 is 31.1. The highest BCUT2D eigenvalue weighted by atomic mass is 16.7. The van der Waals surface area contributed by atoms with Gasteiger partial charge in [-0.15, -0.1) is 6.58 Å². The zero-order chi connectivity index (χ0) is 37.6. The zero-order valence-corrected chi connectivity index (χ0v) is 30.9. The summed E-state index contributed by atoms with van der Waals surface area (Å²) in [5, 5.41) is 25.9. The second-order valence-corrected chi connectivity index (χ2v) is 14.4. The third kappa shape index (κ3) is 9.26. The van der Waals surface area contributed by atoms with Crippen molar-refractivity contribution in [2.24, 2.45) is 23.7 Å². The summed E-state index contributed by atoms with van der Waals surface area (Å²) in [5.74, 6) is -6.56. The second-order valence-electron chi connectivity index (χ2n) is 14.4. The first-order valence-electron chi connectivity index (χ1n) is 17.6. The molecule has 12 nitrogen and oxygen atoms in total. The number of carbonyl (C=O) groups is 4. The molecule has 13 atom stereocenters. The van der Waals surface area contributed by atoms with Crippen molar-refractivity contribution in [3.63, 3.8) is 0 Å². The molecule has 1 unspecified atom stereocenters. The highest BCUT2D eigenvalue weighted by Crippen LogP contribution is 2.39. The number of aliphatic hydroxyl groups excluding tert-OH is 1. The highest BCUT2D eigenvalue weighted by molar-refractivity contribution is 6.00. The van der Waals surface area contributed by atoms with Crippen LogP contribution in [-0.4, -0.2) is 101 Å². The minimum Gasteiger partial charge on any atom is -0.459 e. The molecule has 0 amide bonds. The van der Waals surface area contributed by atoms with Crippen molar-refractivity contribution in [3.05, 3.63) is 48.6 Å². The summed E-state index contributed by atoms with van der Waals surface area (Å²) in [6.45, 7) is 16.6. The first kappa shape index (κ1) is 41.4. The molecule has 0 aromatic heterocycles. The molecule has 3 N–H and O–H groups in total. The van der Waals surface area contributed by atoms with Crippen LogP contribution < -0.4 is 5.32 Å². The molecule has 0 bridgehead atoms. The number of hydrogen-bond acceptors (Lipinski definition) is 12. The maximum atomic E-state index is 14.2. The average molecular weight is 704 g/mol. The smallest absolute Gasteiger partial charge is 0.338 e. The van der Waals surface area contributed by atoms with E-state index in [0.29, 0.717) is 12.0 Å². The topological polar surface area (TPSA) is 167 Å². The number of ether oxygens (including phenoxy) is 5. The molecule has 2 aliphatic heterocycles. The number of esters is 2. The Hall–Kier alpha value is -3.00. The predicted molar refractivity (Wildman–Crippen MR) is 185 cm³/mol. The number of nitrogens with one attached hydrogen (secondary N) is 1. The number of carbonyl (C=O) groups excluding carboxylic acids is 4. The molecular weight excluding hydrogens is 646 g/mol. The lowest BCUT2D eigenvalue weighted by molar-refractivity contribution is -0.291. The standard InChI is InChI=1S/C38H57NO11/c1-11-18-46-37(8)20-21(3)29(40)23(5)32(42)38(9,45)28(12-2)48-34(43)25(7)30(41)24(6)33(37)50-36-31(27(39-10)19-22(4)47-36)49-35(44)26-16-14-13-15-17-26/h11,13-17,21-25,27-28,31-33,36,39,42,45H,1,12,18-20H2,2-10H3/t21-,22-,23+,24+,25-,27+,28?,31-,32-,33-,36+,37-,38-/m1/s1. The van der Waals surface area contributed by atoms with Crippen molar-refractivity contribution in [2.75, 3.05) is 13.7 Å². The third-order valence-electron chi connectivity index (χ3n) is 10.3. The van der Waals surface area contributed by atoms with Gasteiger partial charge < -0.3 is 39.2 Å². The van der Waals surface area contributed by atoms with Gasteiger partial charge in [-0.3, -0.25) is 14.4 Å². The molecule has 0 aliphatic carbocycles. The first-order chi connectivity index (χ1) is 23.4. The van der Waals surface area contributed by atoms with Crippen molar-refractivity contribution >= 4 is 23.5 Å². The van der Waals surface area contributed by atoms with Crippen LogP contribution in [0.25, 0.3) is 0 Å². The minimum absolute atomic E-state index is 0.0173. The van der Waals surface area contributed by atoms with E-state index in [1.165, 1.54) is 26.8 Å². The number of likely N-dealkylation sites (N-methyl/N-ethyl adjacent to an activating group) is 1. The predicted octanol–water partition coefficient (Wildman–Crippen LogP) is 3.80. The van der Waals surface area contributed by atoms with Gasteiger partial charge >= 0.3 is 11.9 Å². The van der Waals surface area contributed by atoms with Gasteiger partial charge in [0.05, 0.1) is 42.1 Å². The molecule has 2 aliphatic rings. The molecule has 0 radical (unpaired) electrons. The van der Waals surface area contributed by atoms with Gasteiger partial charge in [0, 0.05) is 17.8 Å². The van der Waals surface area contributed by atoms with Gasteiger partial charge in [0.2, 0.25) is 0 Å². The Morgan fingerprint density at radius 3 is 2.28 bits per heavy atom. The van der Waals surface area contributed by atoms with Crippen molar-refractivity contribution in [2.45, 2.75) is 129 Å². The summed E-state index contributed by atoms with van der Waals surface area (Å²) in [4.78, 5) is 54.9. The Balaban J connectivity index is 2.15. The lowest BCUT2D eigenvalue weighted by Crippen LogP contribution is -2.60. The van der Waals surface area contributed by atoms with Crippen LogP contribution in [0, 0.1) is 23.7 Å². The molecule has 2 fully saturated rings. The van der Waals surface area contributed by atoms with Crippen LogP contribution in [-0.2, 0) is 38.1 Å². The van der Waals surface area contributed by atoms with Crippen LogP contribution >= 0.6 is 0 Å². The van der Waals surface area contributed by atoms with E-state index in [1.54, 1.807) is 65.1 Å². The molecule has 280 valence electrons. The first-order valence-corrected chi connectivity index (χ1v) is 17.6. The fourth-order valence-electron chi connectivity index (χ4n) is 7.31. The lowest BCUT2D eigenvalue weighted by Gasteiger charge is -2.47. The molecule has 2 heterocycles. The molecule has 1 aromatic carbocycles. The molecule has 1 aromatic rings. The quantitative estimate of drug-likeness (QED) is 0.194. The van der Waals surface area contributed by atoms with Crippen molar-refractivity contribution in [3.8, 4) is 0 Å². The number of aliphatic hydroxyl groups is 2. The fourth-order valence-corrected chi connectivity index (χ4v) is 7.31. The van der Waals surface area contributed by atoms with E-state index in [-0.39, 0.29) is 31.3 Å². The van der Waals surface area contributed by atoms with Gasteiger partial charge in [-0.25, -0.2) is 4.79 Å². The number of ketones is 2. The van der Waals surface area contributed by atoms with Crippen molar-refractivity contribution in [1.29, 1.82) is 0 Å². The normalized spacial score (nSPS) is 39.3. The largest absolute Gasteiger partial charge is 0.459 e. The SMILES string of the molecule is C=CCO[C@]1(C)C[C@@H](C)C(=O)[C@H](C)[C@@H](O)[C@](C)(O)C(CC)OC(=O)[C@H](C)C(=O)[C@H](C)[C@H]1O[C@@H]1O[C@H](C)C[C@H](NC)[C@H]1OC(=O)c1ccccc1. The maximum Gasteiger partial charge on any atom is 0.338 e. The summed E-state index contributed by atoms with van der Waals surface area (Å²) >= 11 is 0. The van der Waals surface area contributed by atoms with Crippen LogP contribution in [0.15, 0.2) is 43.0 Å². The van der Waals surface area contributed by atoms with E-state index in [2.05, 4.69) is 11.9 Å². The van der Waals surface area contributed by atoms with Gasteiger partial charge in [0.15, 0.2) is 18.2 Å². The minimum atomic E-state index is -1.99. The van der Waals surface area contributed by atoms with E-state index < -0.39 is 89.3 Å². The van der Waals surface area contributed by atoms with Gasteiger partial charge in [-0.05, 0) is 66.1 Å². The van der Waals surface area contributed by atoms with E-state index in [4.69, 9.17) is 23.7 Å². The Bertz CT molecular complexity index is 1340. The number of rotatable bonds is 9. The molecule has 3 rings (SSSR count). The van der Waals surface area contributed by atoms with Crippen LogP contribution in [0.5, 0.6) is 0 Å². The summed E-state index contributed by atoms with van der Waals surface area (Å²) in [6.07, 6.45) is -4.29. The van der Waals surface area contributed by atoms with Gasteiger partial charge in [-0.2, -0.15) is 0 Å². The van der Waals surface area contributed by atoms with E-state index >= 15 is 0 Å². The highest BCUT2D eigenvalue weighted by Gasteiger charge is 2.52.